The number of nitrogens with zero attached hydrogens (tertiary/aromatic N) is 2. The quantitative estimate of drug-likeness (QED) is 0.142. The summed E-state index contributed by atoms with van der Waals surface area (Å²) in [6.45, 7) is 19.3. The Kier molecular flexibility index (Phi) is 10.5. The van der Waals surface area contributed by atoms with Crippen LogP contribution in [0.15, 0.2) is 215 Å². The van der Waals surface area contributed by atoms with Crippen molar-refractivity contribution in [2.24, 2.45) is 10.8 Å². The molecule has 4 heteroatoms. The second-order valence-electron chi connectivity index (χ2n) is 23.3. The van der Waals surface area contributed by atoms with E-state index in [0.29, 0.717) is 0 Å². The third-order valence-electron chi connectivity index (χ3n) is 17.2. The summed E-state index contributed by atoms with van der Waals surface area (Å²) in [5.41, 5.74) is 17.1. The molecule has 0 atom stereocenters. The average Bonchev–Trinajstić information content (AvgIpc) is 4.33. The Morgan fingerprint density at radius 2 is 0.805 bits per heavy atom. The molecule has 0 bridgehead atoms. The van der Waals surface area contributed by atoms with Crippen molar-refractivity contribution < 1.29 is 8.83 Å². The number of fused-ring (bicyclic) bond motifs is 16. The molecular formula is C73H62N2O2. The van der Waals surface area contributed by atoms with Crippen molar-refractivity contribution in [3.05, 3.63) is 229 Å². The summed E-state index contributed by atoms with van der Waals surface area (Å²) >= 11 is 0. The minimum absolute atomic E-state index is 0.235. The molecule has 1 aliphatic rings. The number of benzene rings is 11. The zero-order valence-corrected chi connectivity index (χ0v) is 45.3. The molecule has 13 aromatic rings. The van der Waals surface area contributed by atoms with Crippen LogP contribution in [0.1, 0.15) is 77.6 Å². The lowest BCUT2D eigenvalue weighted by molar-refractivity contribution is 0.0977. The fourth-order valence-corrected chi connectivity index (χ4v) is 14.5. The lowest BCUT2D eigenvalue weighted by Crippen LogP contribution is -2.50. The summed E-state index contributed by atoms with van der Waals surface area (Å²) in [5, 5.41) is 12.1. The highest BCUT2D eigenvalue weighted by Gasteiger charge is 2.59. The largest absolute Gasteiger partial charge is 0.454 e. The van der Waals surface area contributed by atoms with E-state index < -0.39 is 5.41 Å². The Hall–Kier alpha value is -8.60. The van der Waals surface area contributed by atoms with Crippen molar-refractivity contribution in [2.75, 3.05) is 9.80 Å². The van der Waals surface area contributed by atoms with Crippen molar-refractivity contribution in [3.63, 3.8) is 0 Å². The maximum absolute atomic E-state index is 6.97. The van der Waals surface area contributed by atoms with Crippen LogP contribution in [0, 0.1) is 10.8 Å². The van der Waals surface area contributed by atoms with Crippen LogP contribution in [-0.2, 0) is 18.3 Å². The number of hydrogen-bond donors (Lipinski definition) is 0. The van der Waals surface area contributed by atoms with Gasteiger partial charge in [0.05, 0.1) is 11.4 Å². The molecule has 0 saturated heterocycles. The Morgan fingerprint density at radius 3 is 1.32 bits per heavy atom. The van der Waals surface area contributed by atoms with E-state index in [1.807, 2.05) is 0 Å². The molecule has 77 heavy (non-hydrogen) atoms. The number of aryl methyl sites for hydroxylation is 2. The average molecular weight is 999 g/mol. The van der Waals surface area contributed by atoms with E-state index >= 15 is 0 Å². The smallest absolute Gasteiger partial charge is 0.159 e. The first kappa shape index (κ1) is 46.9. The fraction of sp³-hybridized carbons (Fsp3) is 0.178. The van der Waals surface area contributed by atoms with Gasteiger partial charge in [0.2, 0.25) is 0 Å². The topological polar surface area (TPSA) is 32.8 Å². The van der Waals surface area contributed by atoms with Gasteiger partial charge in [0.25, 0.3) is 0 Å². The summed E-state index contributed by atoms with van der Waals surface area (Å²) in [7, 11) is 0. The van der Waals surface area contributed by atoms with Gasteiger partial charge in [0.15, 0.2) is 11.2 Å². The van der Waals surface area contributed by atoms with Gasteiger partial charge in [-0.05, 0) is 150 Å². The van der Waals surface area contributed by atoms with Crippen LogP contribution in [-0.4, -0.2) is 0 Å². The predicted molar refractivity (Wildman–Crippen MR) is 327 cm³/mol. The maximum Gasteiger partial charge on any atom is 0.159 e. The Bertz CT molecular complexity index is 4490. The van der Waals surface area contributed by atoms with Crippen molar-refractivity contribution in [3.8, 4) is 11.1 Å². The molecule has 0 amide bonds. The van der Waals surface area contributed by atoms with Crippen molar-refractivity contribution in [1.29, 1.82) is 0 Å². The van der Waals surface area contributed by atoms with Gasteiger partial charge in [-0.1, -0.05) is 201 Å². The summed E-state index contributed by atoms with van der Waals surface area (Å²) in [6.07, 6.45) is 1.80. The highest BCUT2D eigenvalue weighted by molar-refractivity contribution is 6.21. The molecule has 11 aromatic carbocycles. The number of furan rings is 2. The van der Waals surface area contributed by atoms with E-state index in [4.69, 9.17) is 8.83 Å². The molecule has 1 aliphatic carbocycles. The normalized spacial score (nSPS) is 13.4. The van der Waals surface area contributed by atoms with Crippen LogP contribution in [0.25, 0.3) is 87.3 Å². The zero-order chi connectivity index (χ0) is 52.5. The van der Waals surface area contributed by atoms with Crippen molar-refractivity contribution in [1.82, 2.24) is 0 Å². The van der Waals surface area contributed by atoms with Gasteiger partial charge in [-0.15, -0.1) is 0 Å². The molecule has 4 nitrogen and oxygen atoms in total. The summed E-state index contributed by atoms with van der Waals surface area (Å²) in [4.78, 5) is 4.78. The molecular weight excluding hydrogens is 937 g/mol. The van der Waals surface area contributed by atoms with Gasteiger partial charge in [0.1, 0.15) is 11.2 Å². The highest BCUT2D eigenvalue weighted by Crippen LogP contribution is 2.69. The van der Waals surface area contributed by atoms with Crippen LogP contribution in [0.3, 0.4) is 0 Å². The SMILES string of the molecule is CCc1cccc2c1oc1c(N(c3ccccc3)c3ccc4c5c(ccc4c3)-c3c(c4ccc(N(c6ccccc6)c6cccc7c6oc6c(CC)cccc67)cc4c4ccccc34)C5(C(C)(C)C)C(C)(C)C)cccc12. The second-order valence-corrected chi connectivity index (χ2v) is 23.3. The first-order valence-corrected chi connectivity index (χ1v) is 27.5. The first-order valence-electron chi connectivity index (χ1n) is 27.5. The second kappa shape index (κ2) is 17.2. The molecule has 2 aromatic heterocycles. The third-order valence-corrected chi connectivity index (χ3v) is 17.2. The van der Waals surface area contributed by atoms with E-state index in [1.165, 1.54) is 65.7 Å². The molecule has 0 aliphatic heterocycles. The van der Waals surface area contributed by atoms with Crippen LogP contribution in [0.2, 0.25) is 0 Å². The molecule has 376 valence electrons. The van der Waals surface area contributed by atoms with Gasteiger partial charge in [-0.3, -0.25) is 0 Å². The van der Waals surface area contributed by atoms with Gasteiger partial charge in [0, 0.05) is 49.7 Å². The molecule has 0 N–H and O–H groups in total. The van der Waals surface area contributed by atoms with Gasteiger partial charge >= 0.3 is 0 Å². The summed E-state index contributed by atoms with van der Waals surface area (Å²) in [6, 6.07) is 76.2. The van der Waals surface area contributed by atoms with Crippen LogP contribution in [0.5, 0.6) is 0 Å². The molecule has 2 heterocycles. The van der Waals surface area contributed by atoms with E-state index in [1.54, 1.807) is 0 Å². The monoisotopic (exact) mass is 998 g/mol. The van der Waals surface area contributed by atoms with Crippen molar-refractivity contribution in [2.45, 2.75) is 73.6 Å². The number of rotatable bonds is 8. The maximum atomic E-state index is 6.97. The van der Waals surface area contributed by atoms with Gasteiger partial charge in [-0.25, -0.2) is 0 Å². The highest BCUT2D eigenvalue weighted by atomic mass is 16.3. The van der Waals surface area contributed by atoms with Crippen molar-refractivity contribution >= 4 is 110 Å². The number of anilines is 6. The summed E-state index contributed by atoms with van der Waals surface area (Å²) in [5.74, 6) is 0. The third kappa shape index (κ3) is 6.70. The van der Waals surface area contributed by atoms with Gasteiger partial charge < -0.3 is 18.6 Å². The standard InChI is InChI=1S/C73H62N2O2/c1-9-45-23-19-31-56-58-33-21-35-62(69(58)76-67(45)56)74(48-25-13-11-14-26-48)50-38-41-52-47(43-50)37-40-60-64-54-30-18-17-29-53(54)61-44-51(39-42-55(61)66(64)73(65(52)60,71(3,4)5)72(6,7)8)75(49-27-15-12-16-28-49)63-36-22-34-59-57-32-20-24-46(10-2)68(57)77-70(59)63/h11-44H,9-10H2,1-8H3. The minimum atomic E-state index is -0.443. The molecule has 14 rings (SSSR count). The van der Waals surface area contributed by atoms with E-state index in [9.17, 15) is 0 Å². The van der Waals surface area contributed by atoms with Crippen LogP contribution < -0.4 is 9.80 Å². The van der Waals surface area contributed by atoms with Crippen LogP contribution >= 0.6 is 0 Å². The molecule has 0 fully saturated rings. The Morgan fingerprint density at radius 1 is 0.351 bits per heavy atom. The Balaban J connectivity index is 1.01. The predicted octanol–water partition coefficient (Wildman–Crippen LogP) is 21.4. The lowest BCUT2D eigenvalue weighted by atomic mass is 9.49. The molecule has 0 radical (unpaired) electrons. The molecule has 0 unspecified atom stereocenters. The summed E-state index contributed by atoms with van der Waals surface area (Å²) < 4.78 is 13.9. The zero-order valence-electron chi connectivity index (χ0n) is 45.3. The molecule has 0 spiro atoms. The fourth-order valence-electron chi connectivity index (χ4n) is 14.5. The number of para-hydroxylation sites is 6. The minimum Gasteiger partial charge on any atom is -0.454 e. The molecule has 0 saturated carbocycles. The number of hydrogen-bond acceptors (Lipinski definition) is 4. The van der Waals surface area contributed by atoms with Gasteiger partial charge in [-0.2, -0.15) is 0 Å². The Labute approximate surface area is 450 Å². The van der Waals surface area contributed by atoms with Crippen LogP contribution in [0.4, 0.5) is 34.1 Å². The lowest BCUT2D eigenvalue weighted by Gasteiger charge is -2.54. The first-order chi connectivity index (χ1) is 37.4. The van der Waals surface area contributed by atoms with E-state index in [0.717, 1.165) is 90.8 Å². The van der Waals surface area contributed by atoms with E-state index in [2.05, 4.69) is 271 Å². The van der Waals surface area contributed by atoms with E-state index in [-0.39, 0.29) is 10.8 Å².